The molecule has 0 aliphatic carbocycles. The molecule has 2 heterocycles. The molecule has 2 aliphatic heterocycles. The normalized spacial score (nSPS) is 18.1. The van der Waals surface area contributed by atoms with Gasteiger partial charge in [-0.1, -0.05) is 0 Å². The van der Waals surface area contributed by atoms with E-state index in [1.165, 1.54) is 12.1 Å². The predicted molar refractivity (Wildman–Crippen MR) is 114 cm³/mol. The van der Waals surface area contributed by atoms with Gasteiger partial charge in [0.25, 0.3) is 10.9 Å². The van der Waals surface area contributed by atoms with Crippen LogP contribution in [0.15, 0.2) is 33.9 Å². The second-order valence-electron chi connectivity index (χ2n) is 7.82. The standard InChI is InChI=1S/C22H26FN3O4/c1-2-30-22(29)15-7-9-25(10-8-15)18-19(21(28)20(18)27)26-13-11-24(12-14-26)17-5-3-16(23)4-6-17/h3-6,15H,2,7-14H2,1H3. The van der Waals surface area contributed by atoms with Gasteiger partial charge < -0.3 is 19.4 Å². The Balaban J connectivity index is 1.41. The van der Waals surface area contributed by atoms with Gasteiger partial charge in [-0.25, -0.2) is 4.39 Å². The number of esters is 1. The van der Waals surface area contributed by atoms with Crippen LogP contribution in [0.25, 0.3) is 0 Å². The lowest BCUT2D eigenvalue weighted by molar-refractivity contribution is -0.148. The molecule has 2 fully saturated rings. The number of carbonyl (C=O) groups is 1. The summed E-state index contributed by atoms with van der Waals surface area (Å²) in [4.78, 5) is 42.7. The highest BCUT2D eigenvalue weighted by atomic mass is 19.1. The predicted octanol–water partition coefficient (Wildman–Crippen LogP) is 1.53. The van der Waals surface area contributed by atoms with Gasteiger partial charge in [0.05, 0.1) is 12.5 Å². The summed E-state index contributed by atoms with van der Waals surface area (Å²) in [6.07, 6.45) is 1.24. The van der Waals surface area contributed by atoms with Gasteiger partial charge in [-0.2, -0.15) is 0 Å². The molecule has 0 bridgehead atoms. The summed E-state index contributed by atoms with van der Waals surface area (Å²) in [6, 6.07) is 6.38. The summed E-state index contributed by atoms with van der Waals surface area (Å²) in [5, 5.41) is 0. The van der Waals surface area contributed by atoms with Crippen molar-refractivity contribution in [2.24, 2.45) is 5.92 Å². The summed E-state index contributed by atoms with van der Waals surface area (Å²) >= 11 is 0. The van der Waals surface area contributed by atoms with Crippen molar-refractivity contribution in [1.29, 1.82) is 0 Å². The van der Waals surface area contributed by atoms with Gasteiger partial charge in [0, 0.05) is 45.0 Å². The van der Waals surface area contributed by atoms with E-state index in [0.717, 1.165) is 5.69 Å². The van der Waals surface area contributed by atoms with Crippen LogP contribution in [-0.4, -0.2) is 51.8 Å². The minimum Gasteiger partial charge on any atom is -0.466 e. The van der Waals surface area contributed by atoms with Crippen LogP contribution in [0.3, 0.4) is 0 Å². The highest BCUT2D eigenvalue weighted by Gasteiger charge is 2.34. The van der Waals surface area contributed by atoms with Gasteiger partial charge >= 0.3 is 5.97 Å². The third kappa shape index (κ3) is 3.78. The number of anilines is 3. The number of ether oxygens (including phenoxy) is 1. The Kier molecular flexibility index (Phi) is 5.74. The maximum Gasteiger partial charge on any atom is 0.309 e. The summed E-state index contributed by atoms with van der Waals surface area (Å²) in [5.74, 6) is -0.591. The zero-order valence-corrected chi connectivity index (χ0v) is 17.1. The van der Waals surface area contributed by atoms with Crippen molar-refractivity contribution < 1.29 is 13.9 Å². The Labute approximate surface area is 174 Å². The van der Waals surface area contributed by atoms with Gasteiger partial charge in [-0.05, 0) is 44.0 Å². The summed E-state index contributed by atoms with van der Waals surface area (Å²) < 4.78 is 18.2. The third-order valence-electron chi connectivity index (χ3n) is 6.08. The highest BCUT2D eigenvalue weighted by molar-refractivity contribution is 5.78. The molecule has 0 spiro atoms. The van der Waals surface area contributed by atoms with Crippen molar-refractivity contribution in [3.63, 3.8) is 0 Å². The van der Waals surface area contributed by atoms with E-state index >= 15 is 0 Å². The SMILES string of the molecule is CCOC(=O)C1CCN(c2c(N3CCN(c4ccc(F)cc4)CC3)c(=O)c2=O)CC1. The van der Waals surface area contributed by atoms with Gasteiger partial charge in [-0.3, -0.25) is 14.4 Å². The maximum atomic E-state index is 13.1. The van der Waals surface area contributed by atoms with Crippen LogP contribution in [0.4, 0.5) is 21.5 Å². The fourth-order valence-electron chi connectivity index (χ4n) is 4.39. The number of hydrogen-bond donors (Lipinski definition) is 0. The second-order valence-corrected chi connectivity index (χ2v) is 7.82. The first-order valence-electron chi connectivity index (χ1n) is 10.5. The number of hydrogen-bond acceptors (Lipinski definition) is 7. The van der Waals surface area contributed by atoms with Crippen molar-refractivity contribution in [1.82, 2.24) is 0 Å². The van der Waals surface area contributed by atoms with Crippen molar-refractivity contribution in [3.05, 3.63) is 50.5 Å². The molecule has 0 aromatic heterocycles. The number of nitrogens with zero attached hydrogens (tertiary/aromatic N) is 3. The van der Waals surface area contributed by atoms with Crippen LogP contribution in [0.5, 0.6) is 0 Å². The lowest BCUT2D eigenvalue weighted by atomic mass is 9.95. The average molecular weight is 415 g/mol. The molecule has 2 aromatic rings. The Bertz CT molecular complexity index is 967. The first kappa shape index (κ1) is 20.4. The van der Waals surface area contributed by atoms with Crippen molar-refractivity contribution in [2.45, 2.75) is 19.8 Å². The summed E-state index contributed by atoms with van der Waals surface area (Å²) in [6.45, 7) is 5.91. The molecule has 2 aromatic carbocycles. The highest BCUT2D eigenvalue weighted by Crippen LogP contribution is 2.30. The van der Waals surface area contributed by atoms with Crippen LogP contribution in [0, 0.1) is 11.7 Å². The van der Waals surface area contributed by atoms with E-state index in [4.69, 9.17) is 4.74 Å². The molecular weight excluding hydrogens is 389 g/mol. The lowest BCUT2D eigenvalue weighted by Crippen LogP contribution is -2.53. The summed E-state index contributed by atoms with van der Waals surface area (Å²) in [5.41, 5.74) is 1.10. The van der Waals surface area contributed by atoms with Gasteiger partial charge in [0.2, 0.25) is 0 Å². The fourth-order valence-corrected chi connectivity index (χ4v) is 4.39. The zero-order valence-electron chi connectivity index (χ0n) is 17.1. The molecule has 7 nitrogen and oxygen atoms in total. The Hall–Kier alpha value is -2.90. The van der Waals surface area contributed by atoms with E-state index in [0.29, 0.717) is 70.1 Å². The zero-order chi connectivity index (χ0) is 21.3. The van der Waals surface area contributed by atoms with Gasteiger partial charge in [-0.15, -0.1) is 0 Å². The molecule has 0 atom stereocenters. The molecule has 8 heteroatoms. The van der Waals surface area contributed by atoms with Crippen LogP contribution in [-0.2, 0) is 9.53 Å². The van der Waals surface area contributed by atoms with E-state index < -0.39 is 10.9 Å². The average Bonchev–Trinajstić information content (AvgIpc) is 2.78. The molecule has 0 radical (unpaired) electrons. The first-order chi connectivity index (χ1) is 14.5. The molecule has 4 rings (SSSR count). The van der Waals surface area contributed by atoms with E-state index in [1.54, 1.807) is 19.1 Å². The number of piperidine rings is 1. The van der Waals surface area contributed by atoms with Crippen molar-refractivity contribution in [3.8, 4) is 0 Å². The Morgan fingerprint density at radius 1 is 0.900 bits per heavy atom. The number of piperazine rings is 1. The topological polar surface area (TPSA) is 70.2 Å². The summed E-state index contributed by atoms with van der Waals surface area (Å²) in [7, 11) is 0. The molecule has 160 valence electrons. The van der Waals surface area contributed by atoms with Crippen LogP contribution in [0.2, 0.25) is 0 Å². The van der Waals surface area contributed by atoms with E-state index in [9.17, 15) is 18.8 Å². The lowest BCUT2D eigenvalue weighted by Gasteiger charge is -2.40. The third-order valence-corrected chi connectivity index (χ3v) is 6.08. The fraction of sp³-hybridized carbons (Fsp3) is 0.500. The molecule has 30 heavy (non-hydrogen) atoms. The number of benzene rings is 1. The molecule has 0 saturated carbocycles. The van der Waals surface area contributed by atoms with Gasteiger partial charge in [0.15, 0.2) is 0 Å². The van der Waals surface area contributed by atoms with E-state index in [1.807, 2.05) is 9.80 Å². The molecule has 2 aliphatic rings. The molecule has 0 N–H and O–H groups in total. The Morgan fingerprint density at radius 2 is 1.40 bits per heavy atom. The van der Waals surface area contributed by atoms with Crippen LogP contribution < -0.4 is 25.6 Å². The molecular formula is C22H26FN3O4. The molecule has 2 saturated heterocycles. The molecule has 0 unspecified atom stereocenters. The van der Waals surface area contributed by atoms with Crippen LogP contribution >= 0.6 is 0 Å². The minimum atomic E-state index is -0.430. The number of halogens is 1. The number of rotatable bonds is 5. The van der Waals surface area contributed by atoms with Crippen molar-refractivity contribution in [2.75, 3.05) is 60.6 Å². The monoisotopic (exact) mass is 415 g/mol. The second kappa shape index (κ2) is 8.45. The molecule has 0 amide bonds. The first-order valence-corrected chi connectivity index (χ1v) is 10.5. The van der Waals surface area contributed by atoms with Crippen molar-refractivity contribution >= 4 is 23.0 Å². The van der Waals surface area contributed by atoms with Crippen LogP contribution in [0.1, 0.15) is 19.8 Å². The quantitative estimate of drug-likeness (QED) is 0.542. The minimum absolute atomic E-state index is 0.143. The largest absolute Gasteiger partial charge is 0.466 e. The maximum absolute atomic E-state index is 13.1. The number of carbonyl (C=O) groups excluding carboxylic acids is 1. The van der Waals surface area contributed by atoms with Gasteiger partial charge in [0.1, 0.15) is 17.2 Å². The Morgan fingerprint density at radius 3 is 1.93 bits per heavy atom. The smallest absolute Gasteiger partial charge is 0.309 e. The van der Waals surface area contributed by atoms with E-state index in [2.05, 4.69) is 4.90 Å². The van der Waals surface area contributed by atoms with E-state index in [-0.39, 0.29) is 17.7 Å².